The predicted octanol–water partition coefficient (Wildman–Crippen LogP) is 0.943. The Balaban J connectivity index is 3.81. The van der Waals surface area contributed by atoms with Gasteiger partial charge in [0.15, 0.2) is 0 Å². The van der Waals surface area contributed by atoms with E-state index in [4.69, 9.17) is 4.74 Å². The third-order valence-corrected chi connectivity index (χ3v) is 1.02. The normalized spacial score (nSPS) is 11.4. The number of nitrogens with zero attached hydrogens (tertiary/aromatic N) is 1. The van der Waals surface area contributed by atoms with Gasteiger partial charge in [-0.25, -0.2) is 9.79 Å². The minimum atomic E-state index is -0.634. The number of ether oxygens (including phenoxy) is 1. The molecule has 2 amide bonds. The molecule has 0 aliphatic rings. The van der Waals surface area contributed by atoms with Crippen LogP contribution in [-0.4, -0.2) is 30.4 Å². The highest BCUT2D eigenvalue weighted by Gasteiger charge is 2.16. The van der Waals surface area contributed by atoms with Gasteiger partial charge in [-0.1, -0.05) is 0 Å². The number of alkyl carbamates (subject to hydrolysis) is 1. The second-order valence-electron chi connectivity index (χ2n) is 3.56. The Morgan fingerprint density at radius 2 is 2.07 bits per heavy atom. The predicted molar refractivity (Wildman–Crippen MR) is 53.1 cm³/mol. The quantitative estimate of drug-likeness (QED) is 0.673. The van der Waals surface area contributed by atoms with Crippen LogP contribution < -0.4 is 5.32 Å². The summed E-state index contributed by atoms with van der Waals surface area (Å²) in [6.45, 7) is 8.29. The molecular formula is C9H15N2O3. The van der Waals surface area contributed by atoms with Crippen molar-refractivity contribution in [3.05, 3.63) is 6.92 Å². The van der Waals surface area contributed by atoms with Crippen LogP contribution in [0.5, 0.6) is 0 Å². The number of aliphatic imine (C=N–C) groups is 1. The maximum atomic E-state index is 11.0. The van der Waals surface area contributed by atoms with E-state index in [9.17, 15) is 9.59 Å². The summed E-state index contributed by atoms with van der Waals surface area (Å²) in [7, 11) is 0. The lowest BCUT2D eigenvalue weighted by Crippen LogP contribution is -2.35. The Labute approximate surface area is 83.5 Å². The van der Waals surface area contributed by atoms with E-state index in [1.807, 2.05) is 0 Å². The average molecular weight is 199 g/mol. The van der Waals surface area contributed by atoms with Crippen LogP contribution in [-0.2, 0) is 9.53 Å². The summed E-state index contributed by atoms with van der Waals surface area (Å²) in [5.74, 6) is -0.467. The molecule has 14 heavy (non-hydrogen) atoms. The van der Waals surface area contributed by atoms with Gasteiger partial charge in [0.1, 0.15) is 12.1 Å². The van der Waals surface area contributed by atoms with Crippen molar-refractivity contribution in [2.75, 3.05) is 6.54 Å². The van der Waals surface area contributed by atoms with E-state index in [-0.39, 0.29) is 6.54 Å². The fourth-order valence-corrected chi connectivity index (χ4v) is 0.609. The number of hydrogen-bond donors (Lipinski definition) is 1. The van der Waals surface area contributed by atoms with Crippen LogP contribution in [0.4, 0.5) is 4.79 Å². The summed E-state index contributed by atoms with van der Waals surface area (Å²) in [6, 6.07) is 0. The summed E-state index contributed by atoms with van der Waals surface area (Å²) in [5, 5.41) is 2.27. The van der Waals surface area contributed by atoms with Crippen molar-refractivity contribution in [2.24, 2.45) is 4.99 Å². The summed E-state index contributed by atoms with van der Waals surface area (Å²) in [4.78, 5) is 25.2. The first kappa shape index (κ1) is 12.6. The molecule has 0 saturated carbocycles. The molecular weight excluding hydrogens is 184 g/mol. The Kier molecular flexibility index (Phi) is 4.83. The van der Waals surface area contributed by atoms with Crippen LogP contribution in [0.3, 0.4) is 0 Å². The molecule has 0 aromatic heterocycles. The van der Waals surface area contributed by atoms with Gasteiger partial charge in [-0.05, 0) is 27.7 Å². The first-order valence-electron chi connectivity index (χ1n) is 4.16. The molecule has 0 heterocycles. The van der Waals surface area contributed by atoms with Crippen LogP contribution in [0.1, 0.15) is 20.8 Å². The van der Waals surface area contributed by atoms with Crippen molar-refractivity contribution in [2.45, 2.75) is 26.4 Å². The molecule has 0 fully saturated rings. The van der Waals surface area contributed by atoms with Gasteiger partial charge in [0.25, 0.3) is 5.91 Å². The highest BCUT2D eigenvalue weighted by Crippen LogP contribution is 2.05. The summed E-state index contributed by atoms with van der Waals surface area (Å²) in [6.07, 6.45) is 0.490. The Morgan fingerprint density at radius 3 is 2.50 bits per heavy atom. The lowest BCUT2D eigenvalue weighted by Gasteiger charge is -2.19. The lowest BCUT2D eigenvalue weighted by atomic mass is 10.2. The monoisotopic (exact) mass is 199 g/mol. The molecule has 0 unspecified atom stereocenters. The number of rotatable bonds is 2. The van der Waals surface area contributed by atoms with Gasteiger partial charge in [0.05, 0.1) is 0 Å². The van der Waals surface area contributed by atoms with Gasteiger partial charge in [-0.3, -0.25) is 4.79 Å². The smallest absolute Gasteiger partial charge is 0.408 e. The average Bonchev–Trinajstić information content (AvgIpc) is 1.98. The zero-order chi connectivity index (χ0) is 11.2. The van der Waals surface area contributed by atoms with E-state index >= 15 is 0 Å². The fourth-order valence-electron chi connectivity index (χ4n) is 0.609. The SMILES string of the molecule is [CH2]C=NC(=O)CNC(=O)OC(C)(C)C. The van der Waals surface area contributed by atoms with E-state index < -0.39 is 17.6 Å². The van der Waals surface area contributed by atoms with E-state index in [2.05, 4.69) is 17.2 Å². The van der Waals surface area contributed by atoms with Gasteiger partial charge in [0, 0.05) is 6.21 Å². The summed E-state index contributed by atoms with van der Waals surface area (Å²) in [5.41, 5.74) is -0.567. The summed E-state index contributed by atoms with van der Waals surface area (Å²) >= 11 is 0. The topological polar surface area (TPSA) is 67.8 Å². The largest absolute Gasteiger partial charge is 0.444 e. The van der Waals surface area contributed by atoms with E-state index in [0.29, 0.717) is 0 Å². The van der Waals surface area contributed by atoms with Crippen molar-refractivity contribution < 1.29 is 14.3 Å². The van der Waals surface area contributed by atoms with Crippen molar-refractivity contribution in [3.8, 4) is 0 Å². The van der Waals surface area contributed by atoms with Crippen molar-refractivity contribution in [3.63, 3.8) is 0 Å². The molecule has 0 spiro atoms. The molecule has 0 aromatic carbocycles. The zero-order valence-corrected chi connectivity index (χ0v) is 8.66. The molecule has 0 atom stereocenters. The maximum Gasteiger partial charge on any atom is 0.408 e. The van der Waals surface area contributed by atoms with Gasteiger partial charge in [0.2, 0.25) is 0 Å². The zero-order valence-electron chi connectivity index (χ0n) is 8.66. The van der Waals surface area contributed by atoms with E-state index in [1.165, 1.54) is 0 Å². The number of carbonyl (C=O) groups excluding carboxylic acids is 2. The van der Waals surface area contributed by atoms with Crippen molar-refractivity contribution in [1.82, 2.24) is 5.32 Å². The number of amides is 2. The third-order valence-electron chi connectivity index (χ3n) is 1.02. The molecule has 0 aromatic rings. The third kappa shape index (κ3) is 7.27. The maximum absolute atomic E-state index is 11.0. The van der Waals surface area contributed by atoms with Crippen LogP contribution in [0, 0.1) is 6.92 Å². The Morgan fingerprint density at radius 1 is 1.50 bits per heavy atom. The Bertz CT molecular complexity index is 241. The van der Waals surface area contributed by atoms with Crippen LogP contribution >= 0.6 is 0 Å². The van der Waals surface area contributed by atoms with Crippen LogP contribution in [0.25, 0.3) is 0 Å². The van der Waals surface area contributed by atoms with Gasteiger partial charge >= 0.3 is 6.09 Å². The van der Waals surface area contributed by atoms with Crippen LogP contribution in [0.2, 0.25) is 0 Å². The number of nitrogens with one attached hydrogen (secondary N) is 1. The minimum absolute atomic E-state index is 0.180. The molecule has 0 rings (SSSR count). The second kappa shape index (κ2) is 5.36. The molecule has 0 aliphatic heterocycles. The Hall–Kier alpha value is -1.39. The van der Waals surface area contributed by atoms with Crippen molar-refractivity contribution >= 4 is 18.2 Å². The van der Waals surface area contributed by atoms with Gasteiger partial charge in [-0.2, -0.15) is 0 Å². The highest BCUT2D eigenvalue weighted by molar-refractivity contribution is 5.89. The molecule has 5 nitrogen and oxygen atoms in total. The first-order chi connectivity index (χ1) is 6.35. The highest BCUT2D eigenvalue weighted by atomic mass is 16.6. The number of hydrogen-bond acceptors (Lipinski definition) is 3. The molecule has 0 saturated heterocycles. The lowest BCUT2D eigenvalue weighted by molar-refractivity contribution is -0.117. The first-order valence-corrected chi connectivity index (χ1v) is 4.16. The summed E-state index contributed by atoms with van der Waals surface area (Å²) < 4.78 is 4.90. The standard InChI is InChI=1S/C9H15N2O3/c1-5-10-7(12)6-11-8(13)14-9(2,3)4/h5H,1,6H2,2-4H3,(H,11,13). The molecule has 5 heteroatoms. The van der Waals surface area contributed by atoms with Gasteiger partial charge < -0.3 is 10.1 Å². The fraction of sp³-hybridized carbons (Fsp3) is 0.556. The molecule has 1 N–H and O–H groups in total. The molecule has 0 aliphatic carbocycles. The van der Waals surface area contributed by atoms with Crippen molar-refractivity contribution in [1.29, 1.82) is 0 Å². The second-order valence-corrected chi connectivity index (χ2v) is 3.56. The minimum Gasteiger partial charge on any atom is -0.444 e. The van der Waals surface area contributed by atoms with E-state index in [1.54, 1.807) is 20.8 Å². The molecule has 1 radical (unpaired) electrons. The van der Waals surface area contributed by atoms with Gasteiger partial charge in [-0.15, -0.1) is 0 Å². The molecule has 79 valence electrons. The van der Waals surface area contributed by atoms with E-state index in [0.717, 1.165) is 6.21 Å². The molecule has 0 bridgehead atoms. The van der Waals surface area contributed by atoms with Crippen LogP contribution in [0.15, 0.2) is 4.99 Å². The number of carbonyl (C=O) groups is 2.